The zero-order valence-corrected chi connectivity index (χ0v) is 8.45. The molecule has 1 heterocycles. The predicted octanol–water partition coefficient (Wildman–Crippen LogP) is 3.10. The van der Waals surface area contributed by atoms with Gasteiger partial charge in [-0.3, -0.25) is 4.99 Å². The minimum Gasteiger partial charge on any atom is -0.279 e. The van der Waals surface area contributed by atoms with Crippen molar-refractivity contribution in [3.8, 4) is 0 Å². The second kappa shape index (κ2) is 4.15. The Bertz CT molecular complexity index is 154. The molecule has 0 aliphatic carbocycles. The number of hydrogen-bond acceptors (Lipinski definition) is 2. The molecule has 0 fully saturated rings. The third kappa shape index (κ3) is 2.51. The van der Waals surface area contributed by atoms with Crippen LogP contribution in [0.3, 0.4) is 0 Å². The van der Waals surface area contributed by atoms with Gasteiger partial charge in [-0.05, 0) is 20.3 Å². The third-order valence-electron chi connectivity index (χ3n) is 2.10. The first-order valence-electron chi connectivity index (χ1n) is 4.43. The number of aliphatic imine (C=N–C) groups is 1. The molecule has 2 atom stereocenters. The van der Waals surface area contributed by atoms with Crippen LogP contribution in [0.5, 0.6) is 0 Å². The van der Waals surface area contributed by atoms with E-state index < -0.39 is 0 Å². The Morgan fingerprint density at radius 2 is 2.27 bits per heavy atom. The predicted molar refractivity (Wildman–Crippen MR) is 53.5 cm³/mol. The van der Waals surface area contributed by atoms with Crippen LogP contribution in [-0.2, 0) is 0 Å². The van der Waals surface area contributed by atoms with Crippen LogP contribution in [0.15, 0.2) is 4.99 Å². The number of unbranched alkanes of at least 4 members (excludes halogenated alkanes) is 1. The van der Waals surface area contributed by atoms with Crippen molar-refractivity contribution in [1.82, 2.24) is 0 Å². The van der Waals surface area contributed by atoms with E-state index in [1.807, 2.05) is 11.8 Å². The van der Waals surface area contributed by atoms with Crippen LogP contribution < -0.4 is 0 Å². The molecular weight excluding hydrogens is 154 g/mol. The van der Waals surface area contributed by atoms with Crippen molar-refractivity contribution in [1.29, 1.82) is 0 Å². The SMILES string of the molecule is CCCC[C@H]1N=C(C)[C@H](C)S1. The van der Waals surface area contributed by atoms with Crippen LogP contribution in [0.25, 0.3) is 0 Å². The summed E-state index contributed by atoms with van der Waals surface area (Å²) in [5.41, 5.74) is 1.33. The van der Waals surface area contributed by atoms with E-state index in [0.717, 1.165) is 0 Å². The largest absolute Gasteiger partial charge is 0.279 e. The fourth-order valence-corrected chi connectivity index (χ4v) is 2.47. The lowest BCUT2D eigenvalue weighted by Gasteiger charge is -2.05. The molecule has 0 aromatic heterocycles. The monoisotopic (exact) mass is 171 g/mol. The molecule has 0 radical (unpaired) electrons. The molecule has 11 heavy (non-hydrogen) atoms. The normalized spacial score (nSPS) is 30.6. The van der Waals surface area contributed by atoms with Crippen LogP contribution in [-0.4, -0.2) is 16.3 Å². The van der Waals surface area contributed by atoms with Gasteiger partial charge in [0.2, 0.25) is 0 Å². The van der Waals surface area contributed by atoms with Gasteiger partial charge in [-0.25, -0.2) is 0 Å². The number of rotatable bonds is 3. The Labute approximate surface area is 73.7 Å². The smallest absolute Gasteiger partial charge is 0.0957 e. The molecule has 0 N–H and O–H groups in total. The highest BCUT2D eigenvalue weighted by Gasteiger charge is 2.21. The molecule has 0 aromatic carbocycles. The van der Waals surface area contributed by atoms with Crippen molar-refractivity contribution in [2.75, 3.05) is 0 Å². The van der Waals surface area contributed by atoms with E-state index in [2.05, 4.69) is 25.8 Å². The van der Waals surface area contributed by atoms with Crippen molar-refractivity contribution in [3.05, 3.63) is 0 Å². The number of nitrogens with zero attached hydrogens (tertiary/aromatic N) is 1. The van der Waals surface area contributed by atoms with Gasteiger partial charge < -0.3 is 0 Å². The molecular formula is C9H17NS. The van der Waals surface area contributed by atoms with Crippen LogP contribution >= 0.6 is 11.8 Å². The summed E-state index contributed by atoms with van der Waals surface area (Å²) in [7, 11) is 0. The van der Waals surface area contributed by atoms with E-state index in [9.17, 15) is 0 Å². The summed E-state index contributed by atoms with van der Waals surface area (Å²) in [5, 5.41) is 1.24. The number of thioether (sulfide) groups is 1. The molecule has 0 amide bonds. The van der Waals surface area contributed by atoms with Crippen molar-refractivity contribution in [3.63, 3.8) is 0 Å². The molecule has 0 saturated carbocycles. The second-order valence-corrected chi connectivity index (χ2v) is 4.67. The van der Waals surface area contributed by atoms with Gasteiger partial charge in [0.05, 0.1) is 5.37 Å². The summed E-state index contributed by atoms with van der Waals surface area (Å²) in [4.78, 5) is 4.59. The zero-order valence-electron chi connectivity index (χ0n) is 7.63. The fourth-order valence-electron chi connectivity index (χ4n) is 1.21. The topological polar surface area (TPSA) is 12.4 Å². The maximum absolute atomic E-state index is 4.59. The number of hydrogen-bond donors (Lipinski definition) is 0. The Hall–Kier alpha value is 0.0200. The molecule has 0 bridgehead atoms. The molecule has 1 nitrogen and oxygen atoms in total. The molecule has 1 aliphatic heterocycles. The minimum absolute atomic E-state index is 0.574. The molecule has 0 aromatic rings. The lowest BCUT2D eigenvalue weighted by Crippen LogP contribution is -2.02. The first kappa shape index (κ1) is 9.11. The first-order valence-corrected chi connectivity index (χ1v) is 5.38. The standard InChI is InChI=1S/C9H17NS/c1-4-5-6-9-10-7(2)8(3)11-9/h8-9H,4-6H2,1-3H3/t8-,9-/m0/s1. The van der Waals surface area contributed by atoms with Crippen LogP contribution in [0.2, 0.25) is 0 Å². The fraction of sp³-hybridized carbons (Fsp3) is 0.889. The van der Waals surface area contributed by atoms with E-state index in [1.54, 1.807) is 0 Å². The van der Waals surface area contributed by atoms with E-state index in [0.29, 0.717) is 10.6 Å². The average Bonchev–Trinajstić information content (AvgIpc) is 2.28. The Morgan fingerprint density at radius 3 is 2.73 bits per heavy atom. The average molecular weight is 171 g/mol. The van der Waals surface area contributed by atoms with Crippen molar-refractivity contribution in [2.45, 2.75) is 50.7 Å². The molecule has 2 heteroatoms. The van der Waals surface area contributed by atoms with E-state index >= 15 is 0 Å². The van der Waals surface area contributed by atoms with Gasteiger partial charge in [-0.15, -0.1) is 11.8 Å². The highest BCUT2D eigenvalue weighted by Crippen LogP contribution is 2.30. The quantitative estimate of drug-likeness (QED) is 0.635. The van der Waals surface area contributed by atoms with Crippen molar-refractivity contribution in [2.24, 2.45) is 4.99 Å². The molecule has 0 unspecified atom stereocenters. The maximum Gasteiger partial charge on any atom is 0.0957 e. The van der Waals surface area contributed by atoms with Gasteiger partial charge in [0.25, 0.3) is 0 Å². The van der Waals surface area contributed by atoms with Crippen LogP contribution in [0.4, 0.5) is 0 Å². The van der Waals surface area contributed by atoms with Crippen molar-refractivity contribution >= 4 is 17.5 Å². The maximum atomic E-state index is 4.59. The van der Waals surface area contributed by atoms with Crippen molar-refractivity contribution < 1.29 is 0 Å². The minimum atomic E-state index is 0.574. The molecule has 1 rings (SSSR count). The highest BCUT2D eigenvalue weighted by atomic mass is 32.2. The van der Waals surface area contributed by atoms with Crippen LogP contribution in [0.1, 0.15) is 40.0 Å². The molecule has 0 spiro atoms. The summed E-state index contributed by atoms with van der Waals surface area (Å²) in [6, 6.07) is 0. The molecule has 1 aliphatic rings. The van der Waals surface area contributed by atoms with Gasteiger partial charge in [-0.2, -0.15) is 0 Å². The summed E-state index contributed by atoms with van der Waals surface area (Å²) in [6.45, 7) is 6.62. The second-order valence-electron chi connectivity index (χ2n) is 3.15. The van der Waals surface area contributed by atoms with Gasteiger partial charge in [0.1, 0.15) is 0 Å². The lowest BCUT2D eigenvalue weighted by atomic mass is 10.2. The summed E-state index contributed by atoms with van der Waals surface area (Å²) in [6.07, 6.45) is 3.88. The Morgan fingerprint density at radius 1 is 1.55 bits per heavy atom. The van der Waals surface area contributed by atoms with Crippen LogP contribution in [0, 0.1) is 0 Å². The van der Waals surface area contributed by atoms with E-state index in [-0.39, 0.29) is 0 Å². The zero-order chi connectivity index (χ0) is 8.27. The van der Waals surface area contributed by atoms with Gasteiger partial charge in [0.15, 0.2) is 0 Å². The molecule has 0 saturated heterocycles. The Kier molecular flexibility index (Phi) is 3.44. The van der Waals surface area contributed by atoms with E-state index in [4.69, 9.17) is 0 Å². The Balaban J connectivity index is 2.29. The van der Waals surface area contributed by atoms with E-state index in [1.165, 1.54) is 25.0 Å². The van der Waals surface area contributed by atoms with Gasteiger partial charge >= 0.3 is 0 Å². The first-order chi connectivity index (χ1) is 5.24. The summed E-state index contributed by atoms with van der Waals surface area (Å²) < 4.78 is 0. The summed E-state index contributed by atoms with van der Waals surface area (Å²) in [5.74, 6) is 0. The molecule has 64 valence electrons. The highest BCUT2D eigenvalue weighted by molar-refractivity contribution is 8.01. The lowest BCUT2D eigenvalue weighted by molar-refractivity contribution is 0.704. The van der Waals surface area contributed by atoms with Gasteiger partial charge in [-0.1, -0.05) is 19.8 Å². The third-order valence-corrected chi connectivity index (χ3v) is 3.51. The summed E-state index contributed by atoms with van der Waals surface area (Å²) >= 11 is 2.01. The van der Waals surface area contributed by atoms with Gasteiger partial charge in [0, 0.05) is 11.0 Å².